The van der Waals surface area contributed by atoms with Crippen molar-refractivity contribution in [1.82, 2.24) is 9.88 Å². The van der Waals surface area contributed by atoms with Gasteiger partial charge in [0, 0.05) is 18.7 Å². The molecule has 4 nitrogen and oxygen atoms in total. The summed E-state index contributed by atoms with van der Waals surface area (Å²) in [5, 5.41) is 0.784. The Morgan fingerprint density at radius 3 is 2.30 bits per heavy atom. The third-order valence-corrected chi connectivity index (χ3v) is 6.67. The average Bonchev–Trinajstić information content (AvgIpc) is 3.10. The number of aryl methyl sites for hydroxylation is 4. The molecule has 0 N–H and O–H groups in total. The first kappa shape index (κ1) is 24.3. The number of hydrogen-bond donors (Lipinski definition) is 0. The number of amides is 1. The molecule has 30 heavy (non-hydrogen) atoms. The summed E-state index contributed by atoms with van der Waals surface area (Å²) in [6.07, 6.45) is 0. The van der Waals surface area contributed by atoms with Crippen LogP contribution in [0.4, 0.5) is 5.13 Å². The molecule has 0 aliphatic carbocycles. The number of carbonyl (C=O) groups excluding carboxylic acids is 1. The Balaban J connectivity index is 0.00000320. The molecule has 2 aromatic carbocycles. The van der Waals surface area contributed by atoms with Gasteiger partial charge in [-0.25, -0.2) is 4.98 Å². The zero-order chi connectivity index (χ0) is 21.1. The number of halogens is 1. The fraction of sp³-hybridized carbons (Fsp3) is 0.417. The highest BCUT2D eigenvalue weighted by molar-refractivity contribution is 7.22. The van der Waals surface area contributed by atoms with Crippen LogP contribution in [-0.4, -0.2) is 42.0 Å². The fourth-order valence-electron chi connectivity index (χ4n) is 3.66. The zero-order valence-electron chi connectivity index (χ0n) is 18.8. The van der Waals surface area contributed by atoms with Gasteiger partial charge in [-0.15, -0.1) is 12.4 Å². The Kier molecular flexibility index (Phi) is 8.42. The minimum Gasteiger partial charge on any atom is -0.302 e. The number of hydrogen-bond acceptors (Lipinski definition) is 4. The summed E-state index contributed by atoms with van der Waals surface area (Å²) in [5.41, 5.74) is 6.25. The summed E-state index contributed by atoms with van der Waals surface area (Å²) >= 11 is 1.62. The van der Waals surface area contributed by atoms with E-state index >= 15 is 0 Å². The van der Waals surface area contributed by atoms with Crippen molar-refractivity contribution in [2.24, 2.45) is 0 Å². The van der Waals surface area contributed by atoms with Crippen LogP contribution < -0.4 is 4.90 Å². The summed E-state index contributed by atoms with van der Waals surface area (Å²) < 4.78 is 1.16. The lowest BCUT2D eigenvalue weighted by molar-refractivity contribution is 0.0983. The maximum Gasteiger partial charge on any atom is 0.260 e. The monoisotopic (exact) mass is 445 g/mol. The predicted molar refractivity (Wildman–Crippen MR) is 132 cm³/mol. The van der Waals surface area contributed by atoms with E-state index in [1.165, 1.54) is 11.1 Å². The van der Waals surface area contributed by atoms with Crippen LogP contribution in [0.3, 0.4) is 0 Å². The molecule has 0 unspecified atom stereocenters. The van der Waals surface area contributed by atoms with Crippen LogP contribution in [-0.2, 0) is 0 Å². The van der Waals surface area contributed by atoms with Gasteiger partial charge in [-0.1, -0.05) is 48.9 Å². The van der Waals surface area contributed by atoms with Gasteiger partial charge in [-0.3, -0.25) is 9.69 Å². The Morgan fingerprint density at radius 2 is 1.63 bits per heavy atom. The van der Waals surface area contributed by atoms with Gasteiger partial charge >= 0.3 is 0 Å². The molecule has 3 rings (SSSR count). The number of carbonyl (C=O) groups is 1. The van der Waals surface area contributed by atoms with Gasteiger partial charge in [0.05, 0.1) is 10.2 Å². The van der Waals surface area contributed by atoms with E-state index in [9.17, 15) is 4.79 Å². The van der Waals surface area contributed by atoms with Gasteiger partial charge < -0.3 is 4.90 Å². The molecule has 0 fully saturated rings. The van der Waals surface area contributed by atoms with Crippen LogP contribution in [0.25, 0.3) is 10.2 Å². The van der Waals surface area contributed by atoms with Gasteiger partial charge in [-0.05, 0) is 69.6 Å². The molecule has 0 bridgehead atoms. The first-order valence-electron chi connectivity index (χ1n) is 10.3. The van der Waals surface area contributed by atoms with E-state index in [2.05, 4.69) is 50.8 Å². The number of thiazole rings is 1. The minimum absolute atomic E-state index is 0. The molecule has 1 amide bonds. The lowest BCUT2D eigenvalue weighted by atomic mass is 10.0. The largest absolute Gasteiger partial charge is 0.302 e. The van der Waals surface area contributed by atoms with Crippen molar-refractivity contribution in [3.63, 3.8) is 0 Å². The molecule has 1 aromatic heterocycles. The smallest absolute Gasteiger partial charge is 0.260 e. The highest BCUT2D eigenvalue weighted by Crippen LogP contribution is 2.33. The topological polar surface area (TPSA) is 36.4 Å². The third kappa shape index (κ3) is 5.20. The molecular formula is C24H32ClN3OS. The maximum absolute atomic E-state index is 13.6. The number of likely N-dealkylation sites (N-methyl/N-ethyl adjacent to an activating group) is 1. The summed E-state index contributed by atoms with van der Waals surface area (Å²) in [7, 11) is 0. The molecule has 0 atom stereocenters. The van der Waals surface area contributed by atoms with Gasteiger partial charge in [0.1, 0.15) is 0 Å². The number of benzene rings is 2. The molecule has 6 heteroatoms. The second kappa shape index (κ2) is 10.4. The molecule has 162 valence electrons. The van der Waals surface area contributed by atoms with Crippen LogP contribution >= 0.6 is 23.7 Å². The van der Waals surface area contributed by atoms with E-state index < -0.39 is 0 Å². The van der Waals surface area contributed by atoms with Crippen LogP contribution in [0.1, 0.15) is 46.5 Å². The van der Waals surface area contributed by atoms with Gasteiger partial charge in [0.15, 0.2) is 5.13 Å². The lowest BCUT2D eigenvalue weighted by Gasteiger charge is -2.25. The van der Waals surface area contributed by atoms with Crippen LogP contribution in [0.2, 0.25) is 0 Å². The quantitative estimate of drug-likeness (QED) is 0.451. The first-order valence-corrected chi connectivity index (χ1v) is 11.1. The Morgan fingerprint density at radius 1 is 0.933 bits per heavy atom. The van der Waals surface area contributed by atoms with Crippen molar-refractivity contribution in [1.29, 1.82) is 0 Å². The summed E-state index contributed by atoms with van der Waals surface area (Å²) in [5.74, 6) is 0.0341. The second-order valence-electron chi connectivity index (χ2n) is 7.73. The average molecular weight is 446 g/mol. The van der Waals surface area contributed by atoms with Gasteiger partial charge in [-0.2, -0.15) is 0 Å². The van der Waals surface area contributed by atoms with Crippen molar-refractivity contribution in [2.45, 2.75) is 41.5 Å². The predicted octanol–water partition coefficient (Wildman–Crippen LogP) is 5.94. The molecule has 0 spiro atoms. The normalized spacial score (nSPS) is 11.0. The molecule has 1 heterocycles. The Labute approximate surface area is 190 Å². The Bertz CT molecular complexity index is 1030. The second-order valence-corrected chi connectivity index (χ2v) is 8.71. The van der Waals surface area contributed by atoms with Crippen molar-refractivity contribution in [3.05, 3.63) is 58.1 Å². The standard InChI is InChI=1S/C24H31N3OS.ClH/c1-7-26(8-2)11-12-27(23(28)20-14-16(3)9-10-18(20)5)24-25-21-15-17(4)13-19(6)22(21)29-24;/h9-10,13-15H,7-8,11-12H2,1-6H3;1H. The van der Waals surface area contributed by atoms with E-state index in [0.717, 1.165) is 51.7 Å². The maximum atomic E-state index is 13.6. The van der Waals surface area contributed by atoms with Crippen molar-refractivity contribution in [2.75, 3.05) is 31.1 Å². The number of aromatic nitrogens is 1. The van der Waals surface area contributed by atoms with E-state index in [-0.39, 0.29) is 18.3 Å². The molecule has 0 saturated carbocycles. The van der Waals surface area contributed by atoms with Gasteiger partial charge in [0.25, 0.3) is 5.91 Å². The number of fused-ring (bicyclic) bond motifs is 1. The van der Waals surface area contributed by atoms with Crippen LogP contribution in [0, 0.1) is 27.7 Å². The van der Waals surface area contributed by atoms with E-state index in [0.29, 0.717) is 6.54 Å². The van der Waals surface area contributed by atoms with Crippen LogP contribution in [0.15, 0.2) is 30.3 Å². The van der Waals surface area contributed by atoms with E-state index in [1.807, 2.05) is 30.9 Å². The number of rotatable bonds is 7. The molecule has 3 aromatic rings. The third-order valence-electron chi connectivity index (χ3n) is 5.44. The van der Waals surface area contributed by atoms with E-state index in [4.69, 9.17) is 4.98 Å². The van der Waals surface area contributed by atoms with E-state index in [1.54, 1.807) is 11.3 Å². The van der Waals surface area contributed by atoms with Crippen molar-refractivity contribution >= 4 is 45.0 Å². The summed E-state index contributed by atoms with van der Waals surface area (Å²) in [6.45, 7) is 16.0. The minimum atomic E-state index is 0. The number of nitrogens with zero attached hydrogens (tertiary/aromatic N) is 3. The number of anilines is 1. The summed E-state index contributed by atoms with van der Waals surface area (Å²) in [4.78, 5) is 22.7. The van der Waals surface area contributed by atoms with Crippen molar-refractivity contribution < 1.29 is 4.79 Å². The van der Waals surface area contributed by atoms with Gasteiger partial charge in [0.2, 0.25) is 0 Å². The molecule has 0 radical (unpaired) electrons. The highest BCUT2D eigenvalue weighted by atomic mass is 35.5. The Hall–Kier alpha value is -1.95. The molecule has 0 saturated heterocycles. The molecular weight excluding hydrogens is 414 g/mol. The summed E-state index contributed by atoms with van der Waals surface area (Å²) in [6, 6.07) is 10.3. The fourth-order valence-corrected chi connectivity index (χ4v) is 4.70. The zero-order valence-corrected chi connectivity index (χ0v) is 20.4. The lowest BCUT2D eigenvalue weighted by Crippen LogP contribution is -2.39. The van der Waals surface area contributed by atoms with Crippen molar-refractivity contribution in [3.8, 4) is 0 Å². The molecule has 0 aliphatic heterocycles. The van der Waals surface area contributed by atoms with Crippen LogP contribution in [0.5, 0.6) is 0 Å². The highest BCUT2D eigenvalue weighted by Gasteiger charge is 2.23. The molecule has 0 aliphatic rings. The SMILES string of the molecule is CCN(CC)CCN(C(=O)c1cc(C)ccc1C)c1nc2cc(C)cc(C)c2s1.Cl. The first-order chi connectivity index (χ1) is 13.8.